The number of benzene rings is 1. The molecule has 0 aliphatic rings. The Morgan fingerprint density at radius 1 is 1.35 bits per heavy atom. The maximum atomic E-state index is 6.26. The van der Waals surface area contributed by atoms with Crippen LogP contribution in [0.1, 0.15) is 32.0 Å². The average molecular weight is 295 g/mol. The number of aryl methyl sites for hydroxylation is 2. The lowest BCUT2D eigenvalue weighted by molar-refractivity contribution is 0.513. The molecule has 92 valence electrons. The first-order valence-corrected chi connectivity index (χ1v) is 6.72. The van der Waals surface area contributed by atoms with E-state index in [4.69, 9.17) is 5.73 Å². The van der Waals surface area contributed by atoms with Crippen LogP contribution in [0, 0.1) is 0 Å². The standard InChI is InChI=1S/C14H19BrN2/c1-5-9-7-6-8-10-11(15)13(14(2,3)16)17(4)12(9)10/h6-8H,5,16H2,1-4H3. The second-order valence-corrected chi connectivity index (χ2v) is 5.90. The highest BCUT2D eigenvalue weighted by molar-refractivity contribution is 9.10. The first-order valence-electron chi connectivity index (χ1n) is 5.93. The van der Waals surface area contributed by atoms with Crippen LogP contribution in [0.15, 0.2) is 22.7 Å². The average Bonchev–Trinajstić information content (AvgIpc) is 2.51. The van der Waals surface area contributed by atoms with E-state index in [0.717, 1.165) is 16.6 Å². The molecule has 0 atom stereocenters. The van der Waals surface area contributed by atoms with Crippen LogP contribution in [0.4, 0.5) is 0 Å². The molecule has 2 N–H and O–H groups in total. The van der Waals surface area contributed by atoms with Crippen molar-refractivity contribution < 1.29 is 0 Å². The molecule has 0 saturated heterocycles. The number of rotatable bonds is 2. The van der Waals surface area contributed by atoms with Crippen molar-refractivity contribution in [2.24, 2.45) is 12.8 Å². The van der Waals surface area contributed by atoms with E-state index < -0.39 is 0 Å². The van der Waals surface area contributed by atoms with E-state index in [1.54, 1.807) is 0 Å². The Morgan fingerprint density at radius 3 is 2.53 bits per heavy atom. The van der Waals surface area contributed by atoms with Crippen LogP contribution in [-0.4, -0.2) is 4.57 Å². The molecule has 0 radical (unpaired) electrons. The molecule has 0 unspecified atom stereocenters. The number of hydrogen-bond acceptors (Lipinski definition) is 1. The van der Waals surface area contributed by atoms with E-state index in [-0.39, 0.29) is 5.54 Å². The Kier molecular flexibility index (Phi) is 3.08. The third-order valence-corrected chi connectivity index (χ3v) is 4.03. The number of nitrogens with two attached hydrogens (primary N) is 1. The minimum atomic E-state index is -0.350. The van der Waals surface area contributed by atoms with E-state index in [0.29, 0.717) is 0 Å². The van der Waals surface area contributed by atoms with Crippen LogP contribution in [-0.2, 0) is 19.0 Å². The maximum Gasteiger partial charge on any atom is 0.0524 e. The predicted molar refractivity (Wildman–Crippen MR) is 77.2 cm³/mol. The lowest BCUT2D eigenvalue weighted by Crippen LogP contribution is -2.31. The highest BCUT2D eigenvalue weighted by Crippen LogP contribution is 2.36. The summed E-state index contributed by atoms with van der Waals surface area (Å²) >= 11 is 3.70. The zero-order chi connectivity index (χ0) is 12.8. The number of aromatic nitrogens is 1. The Hall–Kier alpha value is -0.800. The molecule has 0 amide bonds. The molecule has 2 rings (SSSR count). The van der Waals surface area contributed by atoms with Gasteiger partial charge in [0.05, 0.1) is 16.7 Å². The minimum Gasteiger partial charge on any atom is -0.345 e. The molecule has 0 aliphatic carbocycles. The molecule has 1 heterocycles. The van der Waals surface area contributed by atoms with Crippen LogP contribution in [0.5, 0.6) is 0 Å². The normalized spacial score (nSPS) is 12.4. The van der Waals surface area contributed by atoms with Gasteiger partial charge in [-0.15, -0.1) is 0 Å². The Bertz CT molecular complexity index is 562. The van der Waals surface area contributed by atoms with Crippen molar-refractivity contribution in [2.45, 2.75) is 32.7 Å². The summed E-state index contributed by atoms with van der Waals surface area (Å²) in [6.45, 7) is 6.26. The van der Waals surface area contributed by atoms with Crippen molar-refractivity contribution in [3.05, 3.63) is 33.9 Å². The number of fused-ring (bicyclic) bond motifs is 1. The summed E-state index contributed by atoms with van der Waals surface area (Å²) < 4.78 is 3.34. The zero-order valence-electron chi connectivity index (χ0n) is 10.8. The Morgan fingerprint density at radius 2 is 2.00 bits per heavy atom. The van der Waals surface area contributed by atoms with Crippen molar-refractivity contribution in [2.75, 3.05) is 0 Å². The van der Waals surface area contributed by atoms with E-state index >= 15 is 0 Å². The fourth-order valence-corrected chi connectivity index (χ4v) is 3.65. The Balaban J connectivity index is 2.90. The summed E-state index contributed by atoms with van der Waals surface area (Å²) in [5, 5.41) is 1.25. The molecule has 17 heavy (non-hydrogen) atoms. The van der Waals surface area contributed by atoms with Crippen molar-refractivity contribution in [3.63, 3.8) is 0 Å². The highest BCUT2D eigenvalue weighted by atomic mass is 79.9. The first-order chi connectivity index (χ1) is 7.88. The van der Waals surface area contributed by atoms with Gasteiger partial charge in [-0.1, -0.05) is 25.1 Å². The largest absolute Gasteiger partial charge is 0.345 e. The van der Waals surface area contributed by atoms with Gasteiger partial charge in [-0.25, -0.2) is 0 Å². The zero-order valence-corrected chi connectivity index (χ0v) is 12.4. The van der Waals surface area contributed by atoms with E-state index in [9.17, 15) is 0 Å². The predicted octanol–water partition coefficient (Wildman–Crippen LogP) is 3.70. The number of halogens is 1. The van der Waals surface area contributed by atoms with Gasteiger partial charge in [-0.3, -0.25) is 0 Å². The van der Waals surface area contributed by atoms with E-state index in [1.165, 1.54) is 16.5 Å². The quantitative estimate of drug-likeness (QED) is 0.900. The summed E-state index contributed by atoms with van der Waals surface area (Å²) in [4.78, 5) is 0. The minimum absolute atomic E-state index is 0.350. The molecule has 2 nitrogen and oxygen atoms in total. The molecular weight excluding hydrogens is 276 g/mol. The van der Waals surface area contributed by atoms with Gasteiger partial charge in [-0.05, 0) is 41.8 Å². The fourth-order valence-electron chi connectivity index (χ4n) is 2.55. The van der Waals surface area contributed by atoms with Gasteiger partial charge in [0.1, 0.15) is 0 Å². The van der Waals surface area contributed by atoms with E-state index in [1.807, 2.05) is 13.8 Å². The van der Waals surface area contributed by atoms with Crippen LogP contribution in [0.25, 0.3) is 10.9 Å². The molecule has 0 spiro atoms. The van der Waals surface area contributed by atoms with Crippen molar-refractivity contribution >= 4 is 26.8 Å². The monoisotopic (exact) mass is 294 g/mol. The lowest BCUT2D eigenvalue weighted by atomic mass is 10.0. The second-order valence-electron chi connectivity index (χ2n) is 5.11. The third kappa shape index (κ3) is 1.91. The summed E-state index contributed by atoms with van der Waals surface area (Å²) in [6.07, 6.45) is 1.03. The van der Waals surface area contributed by atoms with Gasteiger partial charge in [0, 0.05) is 16.9 Å². The SMILES string of the molecule is CCc1cccc2c(Br)c(C(C)(C)N)n(C)c12. The maximum absolute atomic E-state index is 6.26. The van der Waals surface area contributed by atoms with Gasteiger partial charge in [0.2, 0.25) is 0 Å². The van der Waals surface area contributed by atoms with Gasteiger partial charge < -0.3 is 10.3 Å². The van der Waals surface area contributed by atoms with Gasteiger partial charge in [0.15, 0.2) is 0 Å². The van der Waals surface area contributed by atoms with Crippen molar-refractivity contribution in [1.82, 2.24) is 4.57 Å². The van der Waals surface area contributed by atoms with Crippen molar-refractivity contribution in [3.8, 4) is 0 Å². The van der Waals surface area contributed by atoms with Crippen LogP contribution in [0.3, 0.4) is 0 Å². The second kappa shape index (κ2) is 4.14. The van der Waals surface area contributed by atoms with Gasteiger partial charge in [-0.2, -0.15) is 0 Å². The molecule has 1 aromatic heterocycles. The van der Waals surface area contributed by atoms with Gasteiger partial charge in [0.25, 0.3) is 0 Å². The summed E-state index contributed by atoms with van der Waals surface area (Å²) in [6, 6.07) is 6.44. The number of para-hydroxylation sites is 1. The third-order valence-electron chi connectivity index (χ3n) is 3.23. The Labute approximate surface area is 111 Å². The summed E-state index contributed by atoms with van der Waals surface area (Å²) in [5.41, 5.74) is 9.71. The molecule has 0 aliphatic heterocycles. The van der Waals surface area contributed by atoms with Crippen LogP contribution in [0.2, 0.25) is 0 Å². The molecule has 1 aromatic carbocycles. The molecule has 0 fully saturated rings. The fraction of sp³-hybridized carbons (Fsp3) is 0.429. The number of hydrogen-bond donors (Lipinski definition) is 1. The molecule has 0 bridgehead atoms. The lowest BCUT2D eigenvalue weighted by Gasteiger charge is -2.21. The van der Waals surface area contributed by atoms with Crippen LogP contribution < -0.4 is 5.73 Å². The topological polar surface area (TPSA) is 30.9 Å². The van der Waals surface area contributed by atoms with Crippen LogP contribution >= 0.6 is 15.9 Å². The van der Waals surface area contributed by atoms with E-state index in [2.05, 4.69) is 52.7 Å². The number of nitrogens with zero attached hydrogens (tertiary/aromatic N) is 1. The highest BCUT2D eigenvalue weighted by Gasteiger charge is 2.25. The summed E-state index contributed by atoms with van der Waals surface area (Å²) in [5.74, 6) is 0. The molecular formula is C14H19BrN2. The summed E-state index contributed by atoms with van der Waals surface area (Å²) in [7, 11) is 2.09. The van der Waals surface area contributed by atoms with Crippen molar-refractivity contribution in [1.29, 1.82) is 0 Å². The first kappa shape index (κ1) is 12.7. The molecule has 0 saturated carbocycles. The smallest absolute Gasteiger partial charge is 0.0524 e. The molecule has 3 heteroatoms. The van der Waals surface area contributed by atoms with Gasteiger partial charge >= 0.3 is 0 Å². The molecule has 2 aromatic rings.